The van der Waals surface area contributed by atoms with Gasteiger partial charge >= 0.3 is 0 Å². The van der Waals surface area contributed by atoms with Gasteiger partial charge in [-0.05, 0) is 60.4 Å². The summed E-state index contributed by atoms with van der Waals surface area (Å²) in [6.45, 7) is 0.750. The van der Waals surface area contributed by atoms with E-state index in [9.17, 15) is 9.59 Å². The number of rotatable bonds is 4. The van der Waals surface area contributed by atoms with Crippen LogP contribution in [0.4, 0.5) is 5.69 Å². The Balaban J connectivity index is 1.14. The van der Waals surface area contributed by atoms with Crippen molar-refractivity contribution in [3.8, 4) is 5.69 Å². The molecule has 3 heterocycles. The number of aryl methyl sites for hydroxylation is 1. The lowest BCUT2D eigenvalue weighted by atomic mass is 10.0. The highest BCUT2D eigenvalue weighted by molar-refractivity contribution is 7.16. The first kappa shape index (κ1) is 18.9. The number of aromatic nitrogens is 3. The lowest BCUT2D eigenvalue weighted by Gasteiger charge is -2.11. The molecule has 158 valence electrons. The van der Waals surface area contributed by atoms with Gasteiger partial charge in [0.2, 0.25) is 0 Å². The lowest BCUT2D eigenvalue weighted by molar-refractivity contribution is 0.0857. The van der Waals surface area contributed by atoms with Crippen LogP contribution < -0.4 is 5.32 Å². The number of hydrogen-bond acceptors (Lipinski definition) is 5. The molecular weight excluding hydrogens is 422 g/mol. The first-order valence-electron chi connectivity index (χ1n) is 10.4. The monoisotopic (exact) mass is 441 g/mol. The molecule has 0 saturated carbocycles. The number of anilines is 1. The molecule has 1 fully saturated rings. The quantitative estimate of drug-likeness (QED) is 0.488. The van der Waals surface area contributed by atoms with E-state index in [4.69, 9.17) is 0 Å². The predicted molar refractivity (Wildman–Crippen MR) is 121 cm³/mol. The Kier molecular flexibility index (Phi) is 4.22. The highest BCUT2D eigenvalue weighted by atomic mass is 32.1. The van der Waals surface area contributed by atoms with Crippen LogP contribution in [0.5, 0.6) is 0 Å². The standard InChI is InChI=1S/C24H19N5O2S/c30-22(27-17-5-7-18(8-6-17)29-15-25-14-26-29)20-9-10-21(32-20)23(31)28-13-24(28)12-11-16-3-1-2-4-19(16)24/h1-10,14-15H,11-13H2,(H,27,30). The third-order valence-electron chi connectivity index (χ3n) is 6.25. The van der Waals surface area contributed by atoms with Crippen molar-refractivity contribution in [2.45, 2.75) is 18.4 Å². The average molecular weight is 442 g/mol. The topological polar surface area (TPSA) is 79.9 Å². The number of nitrogens with zero attached hydrogens (tertiary/aromatic N) is 4. The molecule has 7 nitrogen and oxygen atoms in total. The second-order valence-corrected chi connectivity index (χ2v) is 9.17. The molecule has 1 unspecified atom stereocenters. The molecule has 1 spiro atoms. The fraction of sp³-hybridized carbons (Fsp3) is 0.167. The first-order chi connectivity index (χ1) is 15.6. The molecule has 2 aromatic heterocycles. The van der Waals surface area contributed by atoms with E-state index in [1.807, 2.05) is 35.2 Å². The van der Waals surface area contributed by atoms with Crippen LogP contribution in [0, 0.1) is 0 Å². The molecule has 1 saturated heterocycles. The lowest BCUT2D eigenvalue weighted by Crippen LogP contribution is -2.19. The molecule has 1 aliphatic carbocycles. The average Bonchev–Trinajstić information content (AvgIpc) is 3.25. The van der Waals surface area contributed by atoms with Crippen LogP contribution in [0.1, 0.15) is 36.9 Å². The number of carbonyl (C=O) groups excluding carboxylic acids is 2. The molecule has 1 N–H and O–H groups in total. The number of benzene rings is 2. The minimum absolute atomic E-state index is 0.00272. The number of thiophene rings is 1. The molecule has 4 aromatic rings. The Morgan fingerprint density at radius 2 is 1.81 bits per heavy atom. The Bertz CT molecular complexity index is 1330. The number of fused-ring (bicyclic) bond motifs is 2. The van der Waals surface area contributed by atoms with Crippen LogP contribution in [0.2, 0.25) is 0 Å². The van der Waals surface area contributed by atoms with Gasteiger partial charge in [0.25, 0.3) is 11.8 Å². The Labute approximate surface area is 188 Å². The van der Waals surface area contributed by atoms with Crippen molar-refractivity contribution in [1.29, 1.82) is 0 Å². The van der Waals surface area contributed by atoms with Crippen molar-refractivity contribution in [3.63, 3.8) is 0 Å². The molecule has 0 radical (unpaired) electrons. The Hall–Kier alpha value is -3.78. The molecule has 1 aliphatic heterocycles. The van der Waals surface area contributed by atoms with Gasteiger partial charge in [-0.1, -0.05) is 24.3 Å². The van der Waals surface area contributed by atoms with Crippen LogP contribution in [-0.4, -0.2) is 38.0 Å². The maximum absolute atomic E-state index is 13.1. The zero-order chi connectivity index (χ0) is 21.7. The van der Waals surface area contributed by atoms with Gasteiger partial charge < -0.3 is 10.2 Å². The third-order valence-corrected chi connectivity index (χ3v) is 7.33. The Morgan fingerprint density at radius 1 is 1.00 bits per heavy atom. The van der Waals surface area contributed by atoms with Crippen LogP contribution in [-0.2, 0) is 12.0 Å². The minimum atomic E-state index is -0.228. The normalized spacial score (nSPS) is 18.6. The van der Waals surface area contributed by atoms with E-state index >= 15 is 0 Å². The fourth-order valence-electron chi connectivity index (χ4n) is 4.55. The summed E-state index contributed by atoms with van der Waals surface area (Å²) in [5, 5.41) is 6.98. The van der Waals surface area contributed by atoms with E-state index in [0.29, 0.717) is 15.4 Å². The summed E-state index contributed by atoms with van der Waals surface area (Å²) in [6, 6.07) is 19.2. The number of carbonyl (C=O) groups is 2. The third kappa shape index (κ3) is 3.03. The highest BCUT2D eigenvalue weighted by Crippen LogP contribution is 2.52. The summed E-state index contributed by atoms with van der Waals surface area (Å²) in [4.78, 5) is 32.8. The summed E-state index contributed by atoms with van der Waals surface area (Å²) >= 11 is 1.24. The van der Waals surface area contributed by atoms with Gasteiger partial charge in [0.05, 0.1) is 21.0 Å². The van der Waals surface area contributed by atoms with Crippen molar-refractivity contribution in [1.82, 2.24) is 19.7 Å². The van der Waals surface area contributed by atoms with Gasteiger partial charge in [-0.25, -0.2) is 9.67 Å². The molecule has 2 aliphatic rings. The van der Waals surface area contributed by atoms with Crippen molar-refractivity contribution in [3.05, 3.63) is 94.2 Å². The van der Waals surface area contributed by atoms with E-state index in [2.05, 4.69) is 33.6 Å². The molecule has 2 amide bonds. The molecule has 8 heteroatoms. The SMILES string of the molecule is O=C(Nc1ccc(-n2cncn2)cc1)c1ccc(C(=O)N2CC23CCc2ccccc23)s1. The zero-order valence-corrected chi connectivity index (χ0v) is 17.9. The second-order valence-electron chi connectivity index (χ2n) is 8.08. The number of hydrogen-bond donors (Lipinski definition) is 1. The zero-order valence-electron chi connectivity index (χ0n) is 17.1. The fourth-order valence-corrected chi connectivity index (χ4v) is 5.40. The van der Waals surface area contributed by atoms with Gasteiger partial charge in [-0.2, -0.15) is 5.10 Å². The van der Waals surface area contributed by atoms with Crippen molar-refractivity contribution in [2.75, 3.05) is 11.9 Å². The van der Waals surface area contributed by atoms with E-state index in [0.717, 1.165) is 25.1 Å². The van der Waals surface area contributed by atoms with Crippen molar-refractivity contribution >= 4 is 28.8 Å². The van der Waals surface area contributed by atoms with Crippen LogP contribution in [0.3, 0.4) is 0 Å². The summed E-state index contributed by atoms with van der Waals surface area (Å²) < 4.78 is 1.64. The van der Waals surface area contributed by atoms with Gasteiger partial charge in [0.1, 0.15) is 12.7 Å². The largest absolute Gasteiger partial charge is 0.324 e. The summed E-state index contributed by atoms with van der Waals surface area (Å²) in [6.07, 6.45) is 5.06. The molecule has 2 aromatic carbocycles. The molecule has 0 bridgehead atoms. The van der Waals surface area contributed by atoms with E-state index in [1.165, 1.54) is 28.8 Å². The number of nitrogens with one attached hydrogen (secondary N) is 1. The van der Waals surface area contributed by atoms with E-state index in [-0.39, 0.29) is 17.4 Å². The number of amides is 2. The van der Waals surface area contributed by atoms with E-state index < -0.39 is 0 Å². The van der Waals surface area contributed by atoms with Crippen LogP contribution in [0.15, 0.2) is 73.3 Å². The van der Waals surface area contributed by atoms with Gasteiger partial charge in [0.15, 0.2) is 0 Å². The first-order valence-corrected chi connectivity index (χ1v) is 11.2. The van der Waals surface area contributed by atoms with Crippen LogP contribution >= 0.6 is 11.3 Å². The summed E-state index contributed by atoms with van der Waals surface area (Å²) in [5.41, 5.74) is 3.99. The molecule has 6 rings (SSSR count). The van der Waals surface area contributed by atoms with Crippen LogP contribution in [0.25, 0.3) is 5.69 Å². The van der Waals surface area contributed by atoms with Crippen molar-refractivity contribution in [2.24, 2.45) is 0 Å². The summed E-state index contributed by atoms with van der Waals surface area (Å²) in [7, 11) is 0. The molecule has 1 atom stereocenters. The van der Waals surface area contributed by atoms with Gasteiger partial charge in [-0.15, -0.1) is 11.3 Å². The molecule has 32 heavy (non-hydrogen) atoms. The highest BCUT2D eigenvalue weighted by Gasteiger charge is 2.59. The maximum Gasteiger partial charge on any atom is 0.265 e. The smallest absolute Gasteiger partial charge is 0.265 e. The van der Waals surface area contributed by atoms with Gasteiger partial charge in [-0.3, -0.25) is 9.59 Å². The summed E-state index contributed by atoms with van der Waals surface area (Å²) in [5.74, 6) is -0.225. The molecular formula is C24H19N5O2S. The van der Waals surface area contributed by atoms with E-state index in [1.54, 1.807) is 23.1 Å². The minimum Gasteiger partial charge on any atom is -0.324 e. The maximum atomic E-state index is 13.1. The predicted octanol–water partition coefficient (Wildman–Crippen LogP) is 3.88. The van der Waals surface area contributed by atoms with Gasteiger partial charge in [0, 0.05) is 12.2 Å². The second kappa shape index (κ2) is 7.13. The Morgan fingerprint density at radius 3 is 2.62 bits per heavy atom. The van der Waals surface area contributed by atoms with Crippen molar-refractivity contribution < 1.29 is 9.59 Å².